The van der Waals surface area contributed by atoms with Crippen LogP contribution in [0, 0.1) is 22.7 Å². The normalized spacial score (nSPS) is 10.4. The zero-order valence-corrected chi connectivity index (χ0v) is 30.6. The summed E-state index contributed by atoms with van der Waals surface area (Å²) in [6.07, 6.45) is 0. The van der Waals surface area contributed by atoms with Crippen molar-refractivity contribution in [2.75, 3.05) is 0 Å². The summed E-state index contributed by atoms with van der Waals surface area (Å²) in [4.78, 5) is 26.8. The van der Waals surface area contributed by atoms with E-state index in [4.69, 9.17) is 42.1 Å². The van der Waals surface area contributed by atoms with E-state index in [-0.39, 0.29) is 22.7 Å². The summed E-state index contributed by atoms with van der Waals surface area (Å²) in [5.41, 5.74) is 2.09. The smallest absolute Gasteiger partial charge is 0.193 e. The molecule has 10 heteroatoms. The molecule has 0 aromatic heterocycles. The second-order valence-corrected chi connectivity index (χ2v) is 12.9. The van der Waals surface area contributed by atoms with Gasteiger partial charge >= 0.3 is 0 Å². The minimum Gasteiger partial charge on any atom is -0.457 e. The minimum atomic E-state index is -0.247. The lowest BCUT2D eigenvalue weighted by Gasteiger charge is -2.10. The first-order valence-corrected chi connectivity index (χ1v) is 17.7. The van der Waals surface area contributed by atoms with Crippen molar-refractivity contribution in [3.63, 3.8) is 0 Å². The number of hydrogen-bond donors (Lipinski definition) is 0. The Morgan fingerprint density at radius 3 is 1.04 bits per heavy atom. The Morgan fingerprint density at radius 1 is 0.393 bits per heavy atom. The van der Waals surface area contributed by atoms with E-state index in [1.807, 2.05) is 12.1 Å². The number of benzene rings is 7. The molecule has 7 rings (SSSR count). The third kappa shape index (κ3) is 8.54. The fourth-order valence-corrected chi connectivity index (χ4v) is 5.97. The van der Waals surface area contributed by atoms with Gasteiger partial charge in [0.15, 0.2) is 11.6 Å². The number of ether oxygens (including phenoxy) is 4. The zero-order valence-electron chi connectivity index (χ0n) is 29.1. The summed E-state index contributed by atoms with van der Waals surface area (Å²) in [6.45, 7) is 0. The molecular weight excluding hydrogens is 747 g/mol. The maximum atomic E-state index is 13.4. The van der Waals surface area contributed by atoms with Crippen LogP contribution in [0.25, 0.3) is 0 Å². The molecule has 0 aliphatic rings. The molecule has 0 N–H and O–H groups in total. The largest absolute Gasteiger partial charge is 0.457 e. The number of carbonyl (C=O) groups excluding carboxylic acids is 2. The molecule has 0 atom stereocenters. The molecule has 0 saturated carbocycles. The van der Waals surface area contributed by atoms with Gasteiger partial charge in [-0.2, -0.15) is 10.5 Å². The highest BCUT2D eigenvalue weighted by Gasteiger charge is 2.16. The number of nitrogens with zero attached hydrogens (tertiary/aromatic N) is 2. The summed E-state index contributed by atoms with van der Waals surface area (Å²) >= 11 is 12.2. The van der Waals surface area contributed by atoms with Crippen LogP contribution < -0.4 is 18.9 Å². The fourth-order valence-electron chi connectivity index (χ4n) is 5.56. The van der Waals surface area contributed by atoms with Crippen molar-refractivity contribution in [2.24, 2.45) is 0 Å². The molecule has 0 aliphatic carbocycles. The van der Waals surface area contributed by atoms with E-state index in [9.17, 15) is 20.1 Å². The predicted molar refractivity (Wildman–Crippen MR) is 212 cm³/mol. The molecule has 0 unspecified atom stereocenters. The van der Waals surface area contributed by atoms with Crippen LogP contribution in [0.4, 0.5) is 0 Å². The summed E-state index contributed by atoms with van der Waals surface area (Å²) < 4.78 is 23.6. The lowest BCUT2D eigenvalue weighted by molar-refractivity contribution is 0.103. The number of carbonyl (C=O) groups is 2. The quantitative estimate of drug-likeness (QED) is 0.113. The van der Waals surface area contributed by atoms with Gasteiger partial charge in [0.2, 0.25) is 0 Å². The van der Waals surface area contributed by atoms with Gasteiger partial charge in [-0.3, -0.25) is 9.59 Å². The minimum absolute atomic E-state index is 0.247. The first-order valence-electron chi connectivity index (χ1n) is 17.0. The molecule has 8 nitrogen and oxygen atoms in total. The van der Waals surface area contributed by atoms with Gasteiger partial charge in [0.05, 0.1) is 10.0 Å². The molecule has 7 aromatic carbocycles. The van der Waals surface area contributed by atoms with Gasteiger partial charge in [0, 0.05) is 22.3 Å². The monoisotopic (exact) mass is 772 g/mol. The average molecular weight is 774 g/mol. The summed E-state index contributed by atoms with van der Waals surface area (Å²) in [6, 6.07) is 47.8. The molecule has 7 aromatic rings. The maximum Gasteiger partial charge on any atom is 0.193 e. The van der Waals surface area contributed by atoms with E-state index >= 15 is 0 Å². The molecule has 0 saturated heterocycles. The van der Waals surface area contributed by atoms with Crippen molar-refractivity contribution in [3.05, 3.63) is 201 Å². The van der Waals surface area contributed by atoms with Crippen molar-refractivity contribution in [1.29, 1.82) is 10.5 Å². The Balaban J connectivity index is 0.947. The first-order chi connectivity index (χ1) is 27.3. The van der Waals surface area contributed by atoms with E-state index in [2.05, 4.69) is 0 Å². The van der Waals surface area contributed by atoms with E-state index in [0.29, 0.717) is 78.3 Å². The molecule has 0 radical (unpaired) electrons. The first kappa shape index (κ1) is 37.0. The Hall–Kier alpha value is -7.36. The van der Waals surface area contributed by atoms with Gasteiger partial charge in [-0.15, -0.1) is 0 Å². The van der Waals surface area contributed by atoms with Gasteiger partial charge in [0.1, 0.15) is 69.3 Å². The molecule has 0 spiro atoms. The number of ketones is 2. The van der Waals surface area contributed by atoms with Crippen LogP contribution in [0.2, 0.25) is 10.0 Å². The second kappa shape index (κ2) is 16.8. The van der Waals surface area contributed by atoms with Crippen molar-refractivity contribution in [3.8, 4) is 58.1 Å². The number of rotatable bonds is 12. The zero-order chi connectivity index (χ0) is 39.0. The Kier molecular flexibility index (Phi) is 11.1. The highest BCUT2D eigenvalue weighted by atomic mass is 35.5. The Morgan fingerprint density at radius 2 is 0.696 bits per heavy atom. The third-order valence-electron chi connectivity index (χ3n) is 8.37. The number of halogens is 2. The van der Waals surface area contributed by atoms with Crippen LogP contribution >= 0.6 is 23.2 Å². The summed E-state index contributed by atoms with van der Waals surface area (Å²) in [5, 5.41) is 19.4. The molecule has 0 bridgehead atoms. The highest BCUT2D eigenvalue weighted by molar-refractivity contribution is 6.32. The molecule has 0 fully saturated rings. The van der Waals surface area contributed by atoms with Gasteiger partial charge in [-0.1, -0.05) is 53.5 Å². The summed E-state index contributed by atoms with van der Waals surface area (Å²) in [7, 11) is 0. The molecule has 0 aliphatic heterocycles. The highest BCUT2D eigenvalue weighted by Crippen LogP contribution is 2.33. The molecule has 270 valence electrons. The Labute approximate surface area is 331 Å². The lowest BCUT2D eigenvalue weighted by atomic mass is 9.97. The Bertz CT molecular complexity index is 2470. The van der Waals surface area contributed by atoms with Gasteiger partial charge in [0.25, 0.3) is 0 Å². The van der Waals surface area contributed by atoms with Crippen molar-refractivity contribution in [1.82, 2.24) is 0 Å². The van der Waals surface area contributed by atoms with Crippen LogP contribution in [0.3, 0.4) is 0 Å². The van der Waals surface area contributed by atoms with Crippen LogP contribution in [0.1, 0.15) is 43.0 Å². The van der Waals surface area contributed by atoms with Gasteiger partial charge in [-0.25, -0.2) is 0 Å². The van der Waals surface area contributed by atoms with Crippen LogP contribution in [-0.2, 0) is 0 Å². The van der Waals surface area contributed by atoms with Gasteiger partial charge in [-0.05, 0) is 127 Å². The van der Waals surface area contributed by atoms with Crippen molar-refractivity contribution >= 4 is 34.8 Å². The van der Waals surface area contributed by atoms with E-state index in [0.717, 1.165) is 0 Å². The van der Waals surface area contributed by atoms with Crippen LogP contribution in [0.15, 0.2) is 158 Å². The van der Waals surface area contributed by atoms with Crippen LogP contribution in [-0.4, -0.2) is 11.6 Å². The summed E-state index contributed by atoms with van der Waals surface area (Å²) in [5.74, 6) is 3.33. The van der Waals surface area contributed by atoms with Crippen molar-refractivity contribution in [2.45, 2.75) is 0 Å². The average Bonchev–Trinajstić information content (AvgIpc) is 3.22. The number of nitriles is 2. The maximum absolute atomic E-state index is 13.4. The van der Waals surface area contributed by atoms with E-state index in [1.54, 1.807) is 158 Å². The molecule has 0 amide bonds. The fraction of sp³-hybridized carbons (Fsp3) is 0. The third-order valence-corrected chi connectivity index (χ3v) is 9.00. The molecule has 0 heterocycles. The SMILES string of the molecule is N#Cc1c(Cl)cccc1Oc1ccc(Oc2ccc(C(=O)c3cccc(C(=O)c4ccc(Oc5ccc(Oc6cccc(Cl)c6C#N)cc5)cc4)c3)cc2)cc1. The van der Waals surface area contributed by atoms with E-state index < -0.39 is 0 Å². The standard InChI is InChI=1S/C46H26Cl2N2O6/c47-41-6-2-8-43(39(41)27-49)55-37-22-18-35(19-23-37)53-33-14-10-29(11-15-33)45(51)31-4-1-5-32(26-31)46(52)30-12-16-34(17-13-30)54-36-20-24-38(25-21-36)56-44-9-3-7-42(48)40(44)28-50/h1-26H. The topological polar surface area (TPSA) is 119 Å². The lowest BCUT2D eigenvalue weighted by Crippen LogP contribution is -2.06. The van der Waals surface area contributed by atoms with E-state index in [1.165, 1.54) is 0 Å². The second-order valence-electron chi connectivity index (χ2n) is 12.1. The number of hydrogen-bond acceptors (Lipinski definition) is 8. The van der Waals surface area contributed by atoms with Crippen molar-refractivity contribution < 1.29 is 28.5 Å². The molecular formula is C46H26Cl2N2O6. The van der Waals surface area contributed by atoms with Gasteiger partial charge < -0.3 is 18.9 Å². The predicted octanol–water partition coefficient (Wildman–Crippen LogP) is 12.4. The van der Waals surface area contributed by atoms with Crippen LogP contribution in [0.5, 0.6) is 46.0 Å². The molecule has 56 heavy (non-hydrogen) atoms.